The molecule has 0 saturated heterocycles. The Bertz CT molecular complexity index is 864. The lowest BCUT2D eigenvalue weighted by Gasteiger charge is -2.30. The van der Waals surface area contributed by atoms with Crippen molar-refractivity contribution in [3.05, 3.63) is 24.0 Å². The number of ether oxygens (including phenoxy) is 1. The fraction of sp³-hybridized carbons (Fsp3) is 0.619. The van der Waals surface area contributed by atoms with Gasteiger partial charge in [0.1, 0.15) is 11.4 Å². The van der Waals surface area contributed by atoms with E-state index in [-0.39, 0.29) is 18.2 Å². The Labute approximate surface area is 176 Å². The number of H-pyrrole nitrogens is 1. The quantitative estimate of drug-likeness (QED) is 0.564. The fourth-order valence-corrected chi connectivity index (χ4v) is 3.67. The first-order chi connectivity index (χ1) is 14.3. The molecule has 4 N–H and O–H groups in total. The van der Waals surface area contributed by atoms with Gasteiger partial charge in [0.2, 0.25) is 5.95 Å². The van der Waals surface area contributed by atoms with Gasteiger partial charge in [-0.2, -0.15) is 10.1 Å². The van der Waals surface area contributed by atoms with Gasteiger partial charge >= 0.3 is 6.09 Å². The fourth-order valence-electron chi connectivity index (χ4n) is 3.67. The average molecular weight is 414 g/mol. The molecule has 162 valence electrons. The highest BCUT2D eigenvalue weighted by Crippen LogP contribution is 2.39. The number of carbonyl (C=O) groups excluding carboxylic acids is 1. The number of hydrogen-bond donors (Lipinski definition) is 4. The lowest BCUT2D eigenvalue weighted by Crippen LogP contribution is -2.42. The zero-order valence-corrected chi connectivity index (χ0v) is 17.9. The van der Waals surface area contributed by atoms with Gasteiger partial charge < -0.3 is 20.7 Å². The first-order valence-electron chi connectivity index (χ1n) is 10.8. The summed E-state index contributed by atoms with van der Waals surface area (Å²) in [5.41, 5.74) is 0.705. The molecule has 0 radical (unpaired) electrons. The topological polar surface area (TPSA) is 117 Å². The van der Waals surface area contributed by atoms with E-state index in [2.05, 4.69) is 36.1 Å². The van der Waals surface area contributed by atoms with Crippen molar-refractivity contribution >= 4 is 23.7 Å². The van der Waals surface area contributed by atoms with Crippen molar-refractivity contribution in [1.29, 1.82) is 0 Å². The second kappa shape index (κ2) is 8.49. The summed E-state index contributed by atoms with van der Waals surface area (Å²) in [4.78, 5) is 20.9. The molecule has 0 unspecified atom stereocenters. The molecule has 0 spiro atoms. The normalized spacial score (nSPS) is 21.7. The summed E-state index contributed by atoms with van der Waals surface area (Å²) in [6, 6.07) is 4.31. The molecular weight excluding hydrogens is 382 g/mol. The molecule has 1 amide bonds. The van der Waals surface area contributed by atoms with E-state index >= 15 is 0 Å². The van der Waals surface area contributed by atoms with E-state index in [0.717, 1.165) is 31.5 Å². The number of amides is 1. The molecular formula is C21H31N7O2. The third kappa shape index (κ3) is 5.84. The highest BCUT2D eigenvalue weighted by Gasteiger charge is 2.26. The molecule has 9 nitrogen and oxygen atoms in total. The van der Waals surface area contributed by atoms with Crippen LogP contribution in [0.2, 0.25) is 0 Å². The molecule has 2 aromatic heterocycles. The van der Waals surface area contributed by atoms with Gasteiger partial charge in [0, 0.05) is 36.0 Å². The summed E-state index contributed by atoms with van der Waals surface area (Å²) >= 11 is 0. The van der Waals surface area contributed by atoms with Crippen molar-refractivity contribution in [3.63, 3.8) is 0 Å². The molecule has 2 heterocycles. The number of nitrogens with zero attached hydrogens (tertiary/aromatic N) is 3. The summed E-state index contributed by atoms with van der Waals surface area (Å²) in [5.74, 6) is 2.72. The van der Waals surface area contributed by atoms with E-state index in [1.54, 1.807) is 6.20 Å². The average Bonchev–Trinajstić information content (AvgIpc) is 3.42. The van der Waals surface area contributed by atoms with Gasteiger partial charge in [0.25, 0.3) is 0 Å². The highest BCUT2D eigenvalue weighted by molar-refractivity contribution is 5.68. The molecule has 30 heavy (non-hydrogen) atoms. The predicted molar refractivity (Wildman–Crippen MR) is 115 cm³/mol. The van der Waals surface area contributed by atoms with Gasteiger partial charge in [0.15, 0.2) is 5.82 Å². The zero-order valence-electron chi connectivity index (χ0n) is 17.9. The Balaban J connectivity index is 1.25. The van der Waals surface area contributed by atoms with Crippen molar-refractivity contribution < 1.29 is 9.53 Å². The van der Waals surface area contributed by atoms with Gasteiger partial charge in [-0.25, -0.2) is 9.78 Å². The summed E-state index contributed by atoms with van der Waals surface area (Å²) in [6.07, 6.45) is 7.53. The van der Waals surface area contributed by atoms with Gasteiger partial charge in [-0.05, 0) is 65.4 Å². The van der Waals surface area contributed by atoms with Crippen molar-refractivity contribution in [2.45, 2.75) is 82.9 Å². The molecule has 0 aliphatic heterocycles. The number of nitrogens with one attached hydrogen (secondary N) is 4. The van der Waals surface area contributed by atoms with Crippen molar-refractivity contribution in [1.82, 2.24) is 25.5 Å². The van der Waals surface area contributed by atoms with Crippen LogP contribution in [0.5, 0.6) is 0 Å². The third-order valence-corrected chi connectivity index (χ3v) is 5.31. The molecule has 9 heteroatoms. The van der Waals surface area contributed by atoms with E-state index in [9.17, 15) is 4.79 Å². The maximum atomic E-state index is 11.9. The molecule has 4 rings (SSSR count). The van der Waals surface area contributed by atoms with Crippen LogP contribution in [0, 0.1) is 0 Å². The summed E-state index contributed by atoms with van der Waals surface area (Å²) in [7, 11) is 0. The van der Waals surface area contributed by atoms with Gasteiger partial charge in [-0.1, -0.05) is 0 Å². The van der Waals surface area contributed by atoms with E-state index in [4.69, 9.17) is 4.74 Å². The molecule has 2 aromatic rings. The SMILES string of the molecule is CC(C)(C)OC(=O)NC1CCC(Nc2nccc(Nc3cc(C4CC4)[nH]n3)n2)CC1. The van der Waals surface area contributed by atoms with Crippen LogP contribution in [0.4, 0.5) is 22.4 Å². The lowest BCUT2D eigenvalue weighted by atomic mass is 9.91. The molecule has 0 bridgehead atoms. The maximum Gasteiger partial charge on any atom is 0.407 e. The van der Waals surface area contributed by atoms with Crippen LogP contribution in [0.15, 0.2) is 18.3 Å². The number of aromatic nitrogens is 4. The van der Waals surface area contributed by atoms with Crippen LogP contribution in [0.3, 0.4) is 0 Å². The molecule has 2 fully saturated rings. The zero-order chi connectivity index (χ0) is 21.1. The molecule has 0 aromatic carbocycles. The number of carbonyl (C=O) groups is 1. The first-order valence-corrected chi connectivity index (χ1v) is 10.8. The summed E-state index contributed by atoms with van der Waals surface area (Å²) in [6.45, 7) is 5.61. The Morgan fingerprint density at radius 1 is 1.10 bits per heavy atom. The minimum atomic E-state index is -0.478. The van der Waals surface area contributed by atoms with Crippen LogP contribution in [-0.4, -0.2) is 43.9 Å². The predicted octanol–water partition coefficient (Wildman–Crippen LogP) is 4.07. The minimum Gasteiger partial charge on any atom is -0.444 e. The number of alkyl carbamates (subject to hydrolysis) is 1. The van der Waals surface area contributed by atoms with Crippen molar-refractivity contribution in [3.8, 4) is 0 Å². The van der Waals surface area contributed by atoms with Crippen LogP contribution in [0.1, 0.15) is 70.9 Å². The lowest BCUT2D eigenvalue weighted by molar-refractivity contribution is 0.0492. The Hall–Kier alpha value is -2.84. The van der Waals surface area contributed by atoms with Gasteiger partial charge in [-0.3, -0.25) is 5.10 Å². The van der Waals surface area contributed by atoms with E-state index in [1.165, 1.54) is 18.5 Å². The smallest absolute Gasteiger partial charge is 0.407 e. The number of anilines is 3. The van der Waals surface area contributed by atoms with E-state index in [0.29, 0.717) is 17.7 Å². The van der Waals surface area contributed by atoms with Crippen LogP contribution in [-0.2, 0) is 4.74 Å². The largest absolute Gasteiger partial charge is 0.444 e. The molecule has 0 atom stereocenters. The highest BCUT2D eigenvalue weighted by atomic mass is 16.6. The molecule has 2 saturated carbocycles. The second-order valence-electron chi connectivity index (χ2n) is 9.21. The van der Waals surface area contributed by atoms with Crippen LogP contribution in [0.25, 0.3) is 0 Å². The monoisotopic (exact) mass is 413 g/mol. The van der Waals surface area contributed by atoms with E-state index < -0.39 is 5.60 Å². The first kappa shape index (κ1) is 20.4. The van der Waals surface area contributed by atoms with Gasteiger partial charge in [-0.15, -0.1) is 0 Å². The Morgan fingerprint density at radius 3 is 2.53 bits per heavy atom. The van der Waals surface area contributed by atoms with Gasteiger partial charge in [0.05, 0.1) is 0 Å². The maximum absolute atomic E-state index is 11.9. The van der Waals surface area contributed by atoms with Crippen molar-refractivity contribution in [2.24, 2.45) is 0 Å². The molecule has 2 aliphatic carbocycles. The second-order valence-corrected chi connectivity index (χ2v) is 9.21. The van der Waals surface area contributed by atoms with E-state index in [1.807, 2.05) is 32.9 Å². The number of aromatic amines is 1. The molecule has 2 aliphatic rings. The minimum absolute atomic E-state index is 0.146. The number of rotatable bonds is 6. The summed E-state index contributed by atoms with van der Waals surface area (Å²) in [5, 5.41) is 17.0. The number of hydrogen-bond acceptors (Lipinski definition) is 7. The van der Waals surface area contributed by atoms with Crippen LogP contribution < -0.4 is 16.0 Å². The van der Waals surface area contributed by atoms with Crippen LogP contribution >= 0.6 is 0 Å². The van der Waals surface area contributed by atoms with Crippen molar-refractivity contribution in [2.75, 3.05) is 10.6 Å². The Morgan fingerprint density at radius 2 is 1.83 bits per heavy atom. The summed E-state index contributed by atoms with van der Waals surface area (Å²) < 4.78 is 5.34. The Kier molecular flexibility index (Phi) is 5.78. The third-order valence-electron chi connectivity index (χ3n) is 5.31. The standard InChI is InChI=1S/C21H31N7O2/c1-21(2,3)30-20(29)24-15-8-6-14(7-9-15)23-19-22-11-10-17(26-19)25-18-12-16(27-28-18)13-4-5-13/h10-15H,4-9H2,1-3H3,(H,24,29)(H3,22,23,25,26,27,28).